The second-order valence-electron chi connectivity index (χ2n) is 6.74. The Morgan fingerprint density at radius 3 is 1.54 bits per heavy atom. The molecule has 0 fully saturated rings. The van der Waals surface area contributed by atoms with Crippen LogP contribution in [0, 0.1) is 0 Å². The van der Waals surface area contributed by atoms with E-state index in [0.717, 1.165) is 24.0 Å². The molecule has 5 heteroatoms. The van der Waals surface area contributed by atoms with Gasteiger partial charge in [-0.25, -0.2) is 4.79 Å². The minimum absolute atomic E-state index is 0.0632. The fourth-order valence-electron chi connectivity index (χ4n) is 2.77. The van der Waals surface area contributed by atoms with Gasteiger partial charge in [0, 0.05) is 26.3 Å². The topological polar surface area (TPSA) is 59.6 Å². The highest BCUT2D eigenvalue weighted by atomic mass is 16.5. The van der Waals surface area contributed by atoms with Crippen LogP contribution in [0.2, 0.25) is 0 Å². The molecule has 2 aromatic rings. The molecule has 0 aromatic heterocycles. The first-order chi connectivity index (χ1) is 13.7. The minimum Gasteiger partial charge on any atom is -0.374 e. The van der Waals surface area contributed by atoms with E-state index in [1.807, 2.05) is 50.2 Å². The van der Waals surface area contributed by atoms with Gasteiger partial charge in [-0.3, -0.25) is 0 Å². The molecule has 2 unspecified atom stereocenters. The third-order valence-electron chi connectivity index (χ3n) is 4.49. The van der Waals surface area contributed by atoms with Gasteiger partial charge < -0.3 is 20.1 Å². The number of benzene rings is 2. The molecule has 0 bridgehead atoms. The van der Waals surface area contributed by atoms with Crippen molar-refractivity contribution in [2.45, 2.75) is 38.9 Å². The average molecular weight is 385 g/mol. The van der Waals surface area contributed by atoms with Crippen LogP contribution in [0.5, 0.6) is 0 Å². The Bertz CT molecular complexity index is 607. The molecule has 0 spiro atoms. The normalized spacial score (nSPS) is 12.9. The Labute approximate surface area is 168 Å². The monoisotopic (exact) mass is 384 g/mol. The zero-order valence-corrected chi connectivity index (χ0v) is 16.9. The molecular weight excluding hydrogens is 352 g/mol. The van der Waals surface area contributed by atoms with Gasteiger partial charge in [0.2, 0.25) is 0 Å². The second-order valence-corrected chi connectivity index (χ2v) is 6.74. The number of ether oxygens (including phenoxy) is 2. The molecule has 2 N–H and O–H groups in total. The Morgan fingerprint density at radius 1 is 0.750 bits per heavy atom. The Balaban J connectivity index is 1.45. The van der Waals surface area contributed by atoms with Gasteiger partial charge in [-0.1, -0.05) is 60.7 Å². The number of hydrogen-bond donors (Lipinski definition) is 2. The van der Waals surface area contributed by atoms with Gasteiger partial charge in [0.05, 0.1) is 12.2 Å². The third kappa shape index (κ3) is 8.55. The van der Waals surface area contributed by atoms with Crippen LogP contribution < -0.4 is 10.6 Å². The van der Waals surface area contributed by atoms with Crippen molar-refractivity contribution in [3.63, 3.8) is 0 Å². The molecule has 0 aliphatic rings. The Morgan fingerprint density at radius 2 is 1.14 bits per heavy atom. The van der Waals surface area contributed by atoms with E-state index < -0.39 is 0 Å². The average Bonchev–Trinajstić information content (AvgIpc) is 2.74. The molecule has 0 aliphatic heterocycles. The van der Waals surface area contributed by atoms with Crippen LogP contribution in [0.3, 0.4) is 0 Å². The molecule has 152 valence electrons. The van der Waals surface area contributed by atoms with Gasteiger partial charge >= 0.3 is 6.03 Å². The lowest BCUT2D eigenvalue weighted by Gasteiger charge is -2.14. The van der Waals surface area contributed by atoms with Crippen molar-refractivity contribution in [1.82, 2.24) is 10.6 Å². The van der Waals surface area contributed by atoms with Crippen LogP contribution in [0.1, 0.15) is 50.0 Å². The fraction of sp³-hybridized carbons (Fsp3) is 0.435. The quantitative estimate of drug-likeness (QED) is 0.525. The number of rotatable bonds is 12. The molecule has 2 atom stereocenters. The van der Waals surface area contributed by atoms with Crippen molar-refractivity contribution in [2.75, 3.05) is 26.3 Å². The van der Waals surface area contributed by atoms with Crippen molar-refractivity contribution in [3.05, 3.63) is 71.8 Å². The Hall–Kier alpha value is -2.37. The first kappa shape index (κ1) is 21.9. The third-order valence-corrected chi connectivity index (χ3v) is 4.49. The lowest BCUT2D eigenvalue weighted by Crippen LogP contribution is -2.37. The number of amides is 2. The summed E-state index contributed by atoms with van der Waals surface area (Å²) in [5.41, 5.74) is 2.33. The standard InChI is InChI=1S/C23H32N2O3/c1-19(21-11-5-3-6-12-21)27-17-9-15-24-23(26)25-16-10-18-28-20(2)22-13-7-4-8-14-22/h3-8,11-14,19-20H,9-10,15-18H2,1-2H3,(H2,24,25,26). The fourth-order valence-corrected chi connectivity index (χ4v) is 2.77. The van der Waals surface area contributed by atoms with E-state index in [0.29, 0.717) is 26.3 Å². The maximum absolute atomic E-state index is 11.8. The molecule has 28 heavy (non-hydrogen) atoms. The molecule has 0 aliphatic carbocycles. The highest BCUT2D eigenvalue weighted by Crippen LogP contribution is 2.16. The highest BCUT2D eigenvalue weighted by molar-refractivity contribution is 5.73. The summed E-state index contributed by atoms with van der Waals surface area (Å²) in [5, 5.41) is 5.70. The first-order valence-corrected chi connectivity index (χ1v) is 10.0. The molecule has 2 rings (SSSR count). The zero-order chi connectivity index (χ0) is 20.0. The van der Waals surface area contributed by atoms with Crippen LogP contribution >= 0.6 is 0 Å². The Kier molecular flexibility index (Phi) is 10.1. The smallest absolute Gasteiger partial charge is 0.314 e. The van der Waals surface area contributed by atoms with E-state index in [1.54, 1.807) is 0 Å². The minimum atomic E-state index is -0.146. The van der Waals surface area contributed by atoms with Crippen molar-refractivity contribution < 1.29 is 14.3 Å². The summed E-state index contributed by atoms with van der Waals surface area (Å²) in [5.74, 6) is 0. The molecule has 5 nitrogen and oxygen atoms in total. The van der Waals surface area contributed by atoms with Crippen LogP contribution in [0.25, 0.3) is 0 Å². The number of carbonyl (C=O) groups excluding carboxylic acids is 1. The molecule has 0 heterocycles. The lowest BCUT2D eigenvalue weighted by molar-refractivity contribution is 0.0639. The van der Waals surface area contributed by atoms with Gasteiger partial charge in [-0.15, -0.1) is 0 Å². The summed E-state index contributed by atoms with van der Waals surface area (Å²) in [6.07, 6.45) is 1.69. The van der Waals surface area contributed by atoms with Gasteiger partial charge in [0.15, 0.2) is 0 Å². The molecule has 0 saturated carbocycles. The highest BCUT2D eigenvalue weighted by Gasteiger charge is 2.06. The zero-order valence-electron chi connectivity index (χ0n) is 16.9. The second kappa shape index (κ2) is 12.9. The van der Waals surface area contributed by atoms with Gasteiger partial charge in [0.25, 0.3) is 0 Å². The van der Waals surface area contributed by atoms with Crippen molar-refractivity contribution in [3.8, 4) is 0 Å². The van der Waals surface area contributed by atoms with Crippen LogP contribution in [0.15, 0.2) is 60.7 Å². The summed E-state index contributed by atoms with van der Waals surface area (Å²) in [6, 6.07) is 20.1. The molecule has 0 radical (unpaired) electrons. The van der Waals surface area contributed by atoms with Crippen LogP contribution in [-0.2, 0) is 9.47 Å². The first-order valence-electron chi connectivity index (χ1n) is 10.0. The van der Waals surface area contributed by atoms with E-state index in [-0.39, 0.29) is 18.2 Å². The summed E-state index contributed by atoms with van der Waals surface area (Å²) in [7, 11) is 0. The van der Waals surface area contributed by atoms with E-state index in [9.17, 15) is 4.79 Å². The van der Waals surface area contributed by atoms with Crippen molar-refractivity contribution in [1.29, 1.82) is 0 Å². The summed E-state index contributed by atoms with van der Waals surface area (Å²) >= 11 is 0. The summed E-state index contributed by atoms with van der Waals surface area (Å²) < 4.78 is 11.6. The maximum Gasteiger partial charge on any atom is 0.314 e. The predicted molar refractivity (Wildman–Crippen MR) is 112 cm³/mol. The van der Waals surface area contributed by atoms with E-state index in [4.69, 9.17) is 9.47 Å². The van der Waals surface area contributed by atoms with E-state index in [1.165, 1.54) is 0 Å². The lowest BCUT2D eigenvalue weighted by atomic mass is 10.1. The number of nitrogens with one attached hydrogen (secondary N) is 2. The van der Waals surface area contributed by atoms with Crippen LogP contribution in [-0.4, -0.2) is 32.3 Å². The maximum atomic E-state index is 11.8. The van der Waals surface area contributed by atoms with Gasteiger partial charge in [0.1, 0.15) is 0 Å². The number of carbonyl (C=O) groups is 1. The SMILES string of the molecule is CC(OCCCNC(=O)NCCCOC(C)c1ccccc1)c1ccccc1. The van der Waals surface area contributed by atoms with E-state index in [2.05, 4.69) is 34.9 Å². The summed E-state index contributed by atoms with van der Waals surface area (Å²) in [6.45, 7) is 6.49. The van der Waals surface area contributed by atoms with Crippen molar-refractivity contribution >= 4 is 6.03 Å². The number of urea groups is 1. The molecular formula is C23H32N2O3. The molecule has 0 saturated heterocycles. The van der Waals surface area contributed by atoms with E-state index >= 15 is 0 Å². The van der Waals surface area contributed by atoms with Crippen LogP contribution in [0.4, 0.5) is 4.79 Å². The predicted octanol–water partition coefficient (Wildman–Crippen LogP) is 4.62. The summed E-state index contributed by atoms with van der Waals surface area (Å²) in [4.78, 5) is 11.8. The number of hydrogen-bond acceptors (Lipinski definition) is 3. The largest absolute Gasteiger partial charge is 0.374 e. The van der Waals surface area contributed by atoms with Gasteiger partial charge in [-0.05, 0) is 37.8 Å². The molecule has 2 amide bonds. The van der Waals surface area contributed by atoms with Gasteiger partial charge in [-0.2, -0.15) is 0 Å². The van der Waals surface area contributed by atoms with Crippen molar-refractivity contribution in [2.24, 2.45) is 0 Å². The molecule has 2 aromatic carbocycles.